The lowest BCUT2D eigenvalue weighted by molar-refractivity contribution is -0.384. The summed E-state index contributed by atoms with van der Waals surface area (Å²) in [4.78, 5) is 16.8. The summed E-state index contributed by atoms with van der Waals surface area (Å²) in [6.45, 7) is 1.07. The van der Waals surface area contributed by atoms with Gasteiger partial charge in [-0.1, -0.05) is 12.1 Å². The maximum atomic E-state index is 11.4. The van der Waals surface area contributed by atoms with Gasteiger partial charge in [-0.2, -0.15) is 5.26 Å². The summed E-state index contributed by atoms with van der Waals surface area (Å²) in [5.41, 5.74) is 1.96. The molecule has 2 heterocycles. The predicted octanol–water partition coefficient (Wildman–Crippen LogP) is 2.43. The highest BCUT2D eigenvalue weighted by Crippen LogP contribution is 2.34. The first-order valence-electron chi connectivity index (χ1n) is 7.09. The number of nitrogens with zero attached hydrogens (tertiary/aromatic N) is 4. The van der Waals surface area contributed by atoms with E-state index in [-0.39, 0.29) is 17.1 Å². The number of anilines is 1. The second-order valence-corrected chi connectivity index (χ2v) is 5.17. The Morgan fingerprint density at radius 3 is 2.96 bits per heavy atom. The van der Waals surface area contributed by atoms with Crippen LogP contribution >= 0.6 is 0 Å². The van der Waals surface area contributed by atoms with E-state index >= 15 is 0 Å². The van der Waals surface area contributed by atoms with Crippen molar-refractivity contribution < 1.29 is 9.66 Å². The molecule has 0 radical (unpaired) electrons. The quantitative estimate of drug-likeness (QED) is 0.638. The van der Waals surface area contributed by atoms with Crippen molar-refractivity contribution in [2.75, 3.05) is 18.6 Å². The van der Waals surface area contributed by atoms with Crippen LogP contribution in [0.25, 0.3) is 0 Å². The van der Waals surface area contributed by atoms with Crippen molar-refractivity contribution in [3.8, 4) is 11.8 Å². The van der Waals surface area contributed by atoms with E-state index in [9.17, 15) is 10.1 Å². The highest BCUT2D eigenvalue weighted by Gasteiger charge is 2.28. The Hall–Kier alpha value is -3.14. The molecule has 0 saturated carbocycles. The minimum Gasteiger partial charge on any atom is -0.496 e. The van der Waals surface area contributed by atoms with E-state index < -0.39 is 4.92 Å². The van der Waals surface area contributed by atoms with Crippen molar-refractivity contribution in [3.05, 3.63) is 57.3 Å². The average molecular weight is 310 g/mol. The summed E-state index contributed by atoms with van der Waals surface area (Å²) in [5, 5.41) is 20.5. The second kappa shape index (κ2) is 5.93. The fraction of sp³-hybridized carbons (Fsp3) is 0.250. The second-order valence-electron chi connectivity index (χ2n) is 5.17. The van der Waals surface area contributed by atoms with Gasteiger partial charge in [-0.05, 0) is 24.1 Å². The molecule has 0 spiro atoms. The number of pyridine rings is 1. The molecule has 0 unspecified atom stereocenters. The Balaban J connectivity index is 2.02. The number of nitro groups is 1. The minimum absolute atomic E-state index is 0.0245. The molecule has 23 heavy (non-hydrogen) atoms. The Kier molecular flexibility index (Phi) is 3.81. The predicted molar refractivity (Wildman–Crippen MR) is 83.4 cm³/mol. The standard InChI is InChI=1S/C16H14N4O3/c1-23-14-4-2-3-12-10-19(8-6-13(12)14)16-15(20(21)22)11(9-17)5-7-18-16/h2-5,7H,6,8,10H2,1H3. The number of nitriles is 1. The third-order valence-corrected chi connectivity index (χ3v) is 3.95. The van der Waals surface area contributed by atoms with Crippen molar-refractivity contribution in [1.29, 1.82) is 5.26 Å². The fourth-order valence-corrected chi connectivity index (χ4v) is 2.89. The molecule has 7 nitrogen and oxygen atoms in total. The molecule has 0 atom stereocenters. The molecule has 1 aliphatic rings. The Morgan fingerprint density at radius 1 is 1.43 bits per heavy atom. The van der Waals surface area contributed by atoms with Crippen LogP contribution in [0.4, 0.5) is 11.5 Å². The first-order chi connectivity index (χ1) is 11.2. The molecule has 0 bridgehead atoms. The van der Waals surface area contributed by atoms with Crippen LogP contribution in [0.5, 0.6) is 5.75 Å². The van der Waals surface area contributed by atoms with Crippen LogP contribution in [0.2, 0.25) is 0 Å². The van der Waals surface area contributed by atoms with Crippen molar-refractivity contribution in [2.24, 2.45) is 0 Å². The normalized spacial score (nSPS) is 13.1. The summed E-state index contributed by atoms with van der Waals surface area (Å²) in [5.74, 6) is 1.07. The van der Waals surface area contributed by atoms with Gasteiger partial charge in [-0.3, -0.25) is 10.1 Å². The molecular weight excluding hydrogens is 296 g/mol. The number of ether oxygens (including phenoxy) is 1. The molecular formula is C16H14N4O3. The van der Waals surface area contributed by atoms with E-state index in [1.807, 2.05) is 29.2 Å². The zero-order valence-electron chi connectivity index (χ0n) is 12.5. The van der Waals surface area contributed by atoms with E-state index in [1.165, 1.54) is 12.3 Å². The number of methoxy groups -OCH3 is 1. The van der Waals surface area contributed by atoms with Gasteiger partial charge in [0.15, 0.2) is 0 Å². The van der Waals surface area contributed by atoms with Crippen LogP contribution in [0.1, 0.15) is 16.7 Å². The summed E-state index contributed by atoms with van der Waals surface area (Å²) >= 11 is 0. The lowest BCUT2D eigenvalue weighted by Gasteiger charge is -2.30. The maximum Gasteiger partial charge on any atom is 0.329 e. The van der Waals surface area contributed by atoms with Gasteiger partial charge in [0.05, 0.1) is 12.0 Å². The zero-order valence-corrected chi connectivity index (χ0v) is 12.5. The molecule has 0 N–H and O–H groups in total. The van der Waals surface area contributed by atoms with Gasteiger partial charge in [0.2, 0.25) is 5.82 Å². The third-order valence-electron chi connectivity index (χ3n) is 3.95. The molecule has 1 aromatic heterocycles. The largest absolute Gasteiger partial charge is 0.496 e. The van der Waals surface area contributed by atoms with Crippen molar-refractivity contribution >= 4 is 11.5 Å². The molecule has 0 aliphatic carbocycles. The van der Waals surface area contributed by atoms with Crippen molar-refractivity contribution in [1.82, 2.24) is 4.98 Å². The van der Waals surface area contributed by atoms with Gasteiger partial charge >= 0.3 is 5.69 Å². The molecule has 0 amide bonds. The summed E-state index contributed by atoms with van der Waals surface area (Å²) in [6, 6.07) is 9.01. The molecule has 1 aliphatic heterocycles. The van der Waals surface area contributed by atoms with Crippen LogP contribution in [-0.4, -0.2) is 23.6 Å². The Labute approximate surface area is 132 Å². The third kappa shape index (κ3) is 2.55. The lowest BCUT2D eigenvalue weighted by atomic mass is 9.98. The topological polar surface area (TPSA) is 92.3 Å². The first-order valence-corrected chi connectivity index (χ1v) is 7.09. The summed E-state index contributed by atoms with van der Waals surface area (Å²) < 4.78 is 5.37. The van der Waals surface area contributed by atoms with Gasteiger partial charge in [-0.25, -0.2) is 4.98 Å². The number of hydrogen-bond acceptors (Lipinski definition) is 6. The molecule has 0 saturated heterocycles. The number of rotatable bonds is 3. The van der Waals surface area contributed by atoms with Crippen molar-refractivity contribution in [3.63, 3.8) is 0 Å². The first kappa shape index (κ1) is 14.8. The number of fused-ring (bicyclic) bond motifs is 1. The number of aromatic nitrogens is 1. The van der Waals surface area contributed by atoms with E-state index in [4.69, 9.17) is 10.00 Å². The summed E-state index contributed by atoms with van der Waals surface area (Å²) in [6.07, 6.45) is 2.14. The Morgan fingerprint density at radius 2 is 2.26 bits per heavy atom. The molecule has 3 rings (SSSR count). The highest BCUT2D eigenvalue weighted by molar-refractivity contribution is 5.66. The molecule has 0 fully saturated rings. The zero-order chi connectivity index (χ0) is 16.4. The maximum absolute atomic E-state index is 11.4. The molecule has 1 aromatic carbocycles. The average Bonchev–Trinajstić information content (AvgIpc) is 2.59. The lowest BCUT2D eigenvalue weighted by Crippen LogP contribution is -2.32. The monoisotopic (exact) mass is 310 g/mol. The molecule has 116 valence electrons. The smallest absolute Gasteiger partial charge is 0.329 e. The van der Waals surface area contributed by atoms with E-state index in [0.29, 0.717) is 19.5 Å². The molecule has 7 heteroatoms. The van der Waals surface area contributed by atoms with Crippen LogP contribution < -0.4 is 9.64 Å². The summed E-state index contributed by atoms with van der Waals surface area (Å²) in [7, 11) is 1.63. The van der Waals surface area contributed by atoms with Gasteiger partial charge in [0.1, 0.15) is 17.4 Å². The van der Waals surface area contributed by atoms with Crippen LogP contribution in [0.15, 0.2) is 30.5 Å². The molecule has 2 aromatic rings. The van der Waals surface area contributed by atoms with Crippen LogP contribution in [0.3, 0.4) is 0 Å². The van der Waals surface area contributed by atoms with E-state index in [2.05, 4.69) is 4.98 Å². The minimum atomic E-state index is -0.540. The van der Waals surface area contributed by atoms with Gasteiger partial charge < -0.3 is 9.64 Å². The highest BCUT2D eigenvalue weighted by atomic mass is 16.6. The van der Waals surface area contributed by atoms with Crippen LogP contribution in [-0.2, 0) is 13.0 Å². The van der Waals surface area contributed by atoms with Gasteiger partial charge in [-0.15, -0.1) is 0 Å². The van der Waals surface area contributed by atoms with Crippen LogP contribution in [0, 0.1) is 21.4 Å². The van der Waals surface area contributed by atoms with E-state index in [0.717, 1.165) is 16.9 Å². The van der Waals surface area contributed by atoms with Crippen molar-refractivity contribution in [2.45, 2.75) is 13.0 Å². The number of hydrogen-bond donors (Lipinski definition) is 0. The van der Waals surface area contributed by atoms with E-state index in [1.54, 1.807) is 7.11 Å². The number of benzene rings is 1. The Bertz CT molecular complexity index is 813. The fourth-order valence-electron chi connectivity index (χ4n) is 2.89. The van der Waals surface area contributed by atoms with Gasteiger partial charge in [0, 0.05) is 24.8 Å². The van der Waals surface area contributed by atoms with Gasteiger partial charge in [0.25, 0.3) is 0 Å². The SMILES string of the molecule is COc1cccc2c1CCN(c1nccc(C#N)c1[N+](=O)[O-])C2.